The van der Waals surface area contributed by atoms with Crippen LogP contribution in [0.25, 0.3) is 0 Å². The summed E-state index contributed by atoms with van der Waals surface area (Å²) in [5, 5.41) is 4.88. The van der Waals surface area contributed by atoms with Gasteiger partial charge in [0.1, 0.15) is 5.82 Å². The molecule has 1 saturated heterocycles. The van der Waals surface area contributed by atoms with Gasteiger partial charge >= 0.3 is 0 Å². The molecule has 1 aliphatic rings. The average molecular weight is 436 g/mol. The largest absolute Gasteiger partial charge is 0.380 e. The Hall–Kier alpha value is -1.39. The maximum atomic E-state index is 14.3. The van der Waals surface area contributed by atoms with Crippen molar-refractivity contribution in [3.05, 3.63) is 82.1 Å². The Labute approximate surface area is 183 Å². The predicted molar refractivity (Wildman–Crippen MR) is 119 cm³/mol. The highest BCUT2D eigenvalue weighted by molar-refractivity contribution is 6.30. The smallest absolute Gasteiger partial charge is 0.124 e. The van der Waals surface area contributed by atoms with Gasteiger partial charge in [-0.25, -0.2) is 4.39 Å². The van der Waals surface area contributed by atoms with Crippen LogP contribution in [0.4, 0.5) is 4.39 Å². The molecule has 3 rings (SSSR count). The van der Waals surface area contributed by atoms with Gasteiger partial charge in [-0.2, -0.15) is 0 Å². The minimum absolute atomic E-state index is 0.0101. The van der Waals surface area contributed by atoms with Crippen molar-refractivity contribution in [2.24, 2.45) is 5.92 Å². The molecule has 4 atom stereocenters. The van der Waals surface area contributed by atoms with E-state index in [-0.39, 0.29) is 23.8 Å². The van der Waals surface area contributed by atoms with Gasteiger partial charge in [-0.1, -0.05) is 48.3 Å². The molecule has 0 radical (unpaired) electrons. The summed E-state index contributed by atoms with van der Waals surface area (Å²) in [4.78, 5) is 0. The van der Waals surface area contributed by atoms with Crippen molar-refractivity contribution in [2.45, 2.75) is 44.2 Å². The molecule has 156 valence electrons. The zero-order chi connectivity index (χ0) is 20.8. The van der Waals surface area contributed by atoms with Gasteiger partial charge in [0.05, 0.1) is 6.61 Å². The fourth-order valence-electron chi connectivity index (χ4n) is 4.11. The van der Waals surface area contributed by atoms with Crippen molar-refractivity contribution in [3.8, 4) is 0 Å². The van der Waals surface area contributed by atoms with E-state index in [0.29, 0.717) is 29.2 Å². The van der Waals surface area contributed by atoms with E-state index >= 15 is 0 Å². The Morgan fingerprint density at radius 3 is 2.52 bits per heavy atom. The molecular weight excluding hydrogens is 408 g/mol. The van der Waals surface area contributed by atoms with Crippen molar-refractivity contribution in [1.29, 1.82) is 0 Å². The Kier molecular flexibility index (Phi) is 8.14. The summed E-state index contributed by atoms with van der Waals surface area (Å²) in [6.45, 7) is 7.36. The summed E-state index contributed by atoms with van der Waals surface area (Å²) in [7, 11) is 0. The second-order valence-corrected chi connectivity index (χ2v) is 8.65. The highest BCUT2D eigenvalue weighted by atomic mass is 35.5. The summed E-state index contributed by atoms with van der Waals surface area (Å²) >= 11 is 12.4. The first-order chi connectivity index (χ1) is 14.0. The molecule has 0 saturated carbocycles. The van der Waals surface area contributed by atoms with Crippen LogP contribution in [0, 0.1) is 11.7 Å². The zero-order valence-corrected chi connectivity index (χ0v) is 18.2. The van der Waals surface area contributed by atoms with Crippen LogP contribution >= 0.6 is 23.2 Å². The summed E-state index contributed by atoms with van der Waals surface area (Å²) in [6.07, 6.45) is 4.56. The summed E-state index contributed by atoms with van der Waals surface area (Å²) in [6, 6.07) is 12.9. The summed E-state index contributed by atoms with van der Waals surface area (Å²) < 4.78 is 20.3. The third-order valence-corrected chi connectivity index (χ3v) is 6.08. The number of nitrogens with one attached hydrogen (secondary N) is 1. The van der Waals surface area contributed by atoms with Gasteiger partial charge in [0.25, 0.3) is 0 Å². The van der Waals surface area contributed by atoms with Crippen LogP contribution in [-0.2, 0) is 4.74 Å². The first-order valence-electron chi connectivity index (χ1n) is 10.2. The molecule has 1 heterocycles. The van der Waals surface area contributed by atoms with E-state index in [1.165, 1.54) is 6.07 Å². The lowest BCUT2D eigenvalue weighted by atomic mass is 9.79. The molecule has 2 aromatic carbocycles. The average Bonchev–Trinajstić information content (AvgIpc) is 2.77. The van der Waals surface area contributed by atoms with Crippen molar-refractivity contribution in [3.63, 3.8) is 0 Å². The lowest BCUT2D eigenvalue weighted by Gasteiger charge is -2.33. The number of hydrogen-bond acceptors (Lipinski definition) is 2. The van der Waals surface area contributed by atoms with E-state index in [1.807, 2.05) is 36.4 Å². The summed E-state index contributed by atoms with van der Waals surface area (Å²) in [5.41, 5.74) is 2.02. The maximum Gasteiger partial charge on any atom is 0.124 e. The fraction of sp³-hybridized carbons (Fsp3) is 0.417. The lowest BCUT2D eigenvalue weighted by Crippen LogP contribution is -2.38. The molecule has 2 aromatic rings. The number of allylic oxidation sites excluding steroid dienone is 1. The minimum atomic E-state index is -0.314. The van der Waals surface area contributed by atoms with Crippen LogP contribution < -0.4 is 5.32 Å². The molecule has 0 aromatic heterocycles. The van der Waals surface area contributed by atoms with Gasteiger partial charge in [-0.3, -0.25) is 0 Å². The molecule has 0 spiro atoms. The van der Waals surface area contributed by atoms with Crippen molar-refractivity contribution >= 4 is 23.2 Å². The van der Waals surface area contributed by atoms with Crippen molar-refractivity contribution < 1.29 is 9.13 Å². The highest BCUT2D eigenvalue weighted by Crippen LogP contribution is 2.39. The first-order valence-corrected chi connectivity index (χ1v) is 10.9. The molecule has 1 aliphatic heterocycles. The van der Waals surface area contributed by atoms with Gasteiger partial charge in [0.2, 0.25) is 0 Å². The molecule has 5 heteroatoms. The van der Waals surface area contributed by atoms with Gasteiger partial charge in [-0.05, 0) is 66.6 Å². The van der Waals surface area contributed by atoms with Crippen LogP contribution in [0.1, 0.15) is 49.3 Å². The normalized spacial score (nSPS) is 25.7. The number of ether oxygens (including phenoxy) is 1. The molecule has 2 nitrogen and oxygen atoms in total. The second-order valence-electron chi connectivity index (χ2n) is 7.77. The van der Waals surface area contributed by atoms with Crippen LogP contribution in [0.2, 0.25) is 10.0 Å². The van der Waals surface area contributed by atoms with Gasteiger partial charge in [0.15, 0.2) is 0 Å². The van der Waals surface area contributed by atoms with E-state index in [1.54, 1.807) is 6.07 Å². The topological polar surface area (TPSA) is 21.3 Å². The first kappa shape index (κ1) is 22.3. The van der Waals surface area contributed by atoms with Crippen LogP contribution in [0.5, 0.6) is 0 Å². The zero-order valence-electron chi connectivity index (χ0n) is 16.7. The monoisotopic (exact) mass is 435 g/mol. The van der Waals surface area contributed by atoms with E-state index < -0.39 is 0 Å². The van der Waals surface area contributed by atoms with Gasteiger partial charge < -0.3 is 10.1 Å². The predicted octanol–water partition coefficient (Wildman–Crippen LogP) is 6.94. The number of rotatable bonds is 5. The number of hydrogen-bond donors (Lipinski definition) is 1. The number of benzene rings is 2. The minimum Gasteiger partial charge on any atom is -0.380 e. The van der Waals surface area contributed by atoms with E-state index in [9.17, 15) is 4.39 Å². The third kappa shape index (κ3) is 6.05. The second kappa shape index (κ2) is 10.6. The van der Waals surface area contributed by atoms with Crippen LogP contribution in [-0.4, -0.2) is 19.3 Å². The van der Waals surface area contributed by atoms with Crippen LogP contribution in [0.3, 0.4) is 0 Å². The third-order valence-electron chi connectivity index (χ3n) is 5.61. The molecule has 3 unspecified atom stereocenters. The number of halogens is 3. The van der Waals surface area contributed by atoms with Crippen molar-refractivity contribution in [2.75, 3.05) is 13.2 Å². The van der Waals surface area contributed by atoms with Crippen LogP contribution in [0.15, 0.2) is 55.1 Å². The highest BCUT2D eigenvalue weighted by Gasteiger charge is 2.31. The Bertz CT molecular complexity index is 791. The molecule has 0 aliphatic carbocycles. The van der Waals surface area contributed by atoms with Crippen molar-refractivity contribution in [1.82, 2.24) is 5.32 Å². The Morgan fingerprint density at radius 1 is 1.10 bits per heavy atom. The molecule has 1 N–H and O–H groups in total. The molecule has 0 amide bonds. The van der Waals surface area contributed by atoms with Gasteiger partial charge in [-0.15, -0.1) is 6.58 Å². The van der Waals surface area contributed by atoms with Gasteiger partial charge in [0, 0.05) is 34.7 Å². The Morgan fingerprint density at radius 2 is 1.86 bits per heavy atom. The Balaban J connectivity index is 2.08. The quantitative estimate of drug-likeness (QED) is 0.513. The summed E-state index contributed by atoms with van der Waals surface area (Å²) in [5.74, 6) is 0.0163. The fourth-order valence-corrected chi connectivity index (χ4v) is 4.47. The molecular formula is C24H28Cl2FNO. The van der Waals surface area contributed by atoms with E-state index in [4.69, 9.17) is 27.9 Å². The molecule has 1 fully saturated rings. The standard InChI is InChI=1S/C24H28Cl2FNO/c1-3-5-16-10-23(18-11-20(26)13-21(27)12-18)24(17-6-8-19(25)9-7-17)28-22(4-2)15-29-14-16/h3,6-9,11-13,16,22-24,28H,1,4-5,10,14-15H2,2H3/t16?,22?,23-,24?/m1/s1. The van der Waals surface area contributed by atoms with E-state index in [2.05, 4.69) is 18.8 Å². The lowest BCUT2D eigenvalue weighted by molar-refractivity contribution is 0.0841. The van der Waals surface area contributed by atoms with E-state index in [0.717, 1.165) is 30.4 Å². The molecule has 0 bridgehead atoms. The maximum absolute atomic E-state index is 14.3. The molecule has 29 heavy (non-hydrogen) atoms. The SMILES string of the molecule is C=CCC1COCC(CC)NC(c2ccc(Cl)cc2)[C@@H](c2cc(F)cc(Cl)c2)C1.